The molecule has 1 saturated heterocycles. The van der Waals surface area contributed by atoms with Crippen LogP contribution in [0, 0.1) is 17.6 Å². The largest absolute Gasteiger partial charge is 0.484 e. The predicted molar refractivity (Wildman–Crippen MR) is 103 cm³/mol. The number of aromatic nitrogens is 1. The number of pyridine rings is 1. The number of methoxy groups -OCH3 is 1. The molecular weight excluding hydrogens is 364 g/mol. The molecule has 146 valence electrons. The van der Waals surface area contributed by atoms with Gasteiger partial charge in [0.05, 0.1) is 30.0 Å². The second-order valence-corrected chi connectivity index (χ2v) is 6.53. The van der Waals surface area contributed by atoms with Gasteiger partial charge >= 0.3 is 0 Å². The van der Waals surface area contributed by atoms with E-state index in [4.69, 9.17) is 4.74 Å². The summed E-state index contributed by atoms with van der Waals surface area (Å²) in [7, 11) is 1.52. The summed E-state index contributed by atoms with van der Waals surface area (Å²) < 4.78 is 32.6. The Morgan fingerprint density at radius 1 is 1.32 bits per heavy atom. The monoisotopic (exact) mass is 385 g/mol. The van der Waals surface area contributed by atoms with Crippen molar-refractivity contribution >= 4 is 17.5 Å². The van der Waals surface area contributed by atoms with E-state index in [2.05, 4.69) is 16.6 Å². The maximum atomic E-state index is 14.0. The zero-order valence-corrected chi connectivity index (χ0v) is 15.6. The molecule has 1 aromatic carbocycles. The first-order chi connectivity index (χ1) is 13.5. The van der Waals surface area contributed by atoms with Crippen LogP contribution in [0.5, 0.6) is 0 Å². The van der Waals surface area contributed by atoms with Crippen LogP contribution in [-0.4, -0.2) is 41.9 Å². The lowest BCUT2D eigenvalue weighted by atomic mass is 9.97. The second kappa shape index (κ2) is 8.73. The molecule has 0 saturated carbocycles. The number of carbonyl (C=O) groups is 1. The van der Waals surface area contributed by atoms with Crippen LogP contribution in [0.3, 0.4) is 0 Å². The summed E-state index contributed by atoms with van der Waals surface area (Å²) in [5, 5.41) is 0. The van der Waals surface area contributed by atoms with E-state index < -0.39 is 17.5 Å². The Balaban J connectivity index is 1.76. The molecule has 28 heavy (non-hydrogen) atoms. The molecule has 1 amide bonds. The van der Waals surface area contributed by atoms with Gasteiger partial charge in [-0.15, -0.1) is 0 Å². The minimum Gasteiger partial charge on any atom is -0.484 e. The number of aliphatic imine (C=N–C) groups is 1. The SMILES string of the molecule is C=C(/N=C(\OC)[C@H]1CCCN(C(=O)c2ccc(F)cc2F)C1)c1ccccn1. The lowest BCUT2D eigenvalue weighted by molar-refractivity contribution is 0.0690. The van der Waals surface area contributed by atoms with Crippen molar-refractivity contribution in [3.63, 3.8) is 0 Å². The Kier molecular flexibility index (Phi) is 6.13. The molecule has 7 heteroatoms. The lowest BCUT2D eigenvalue weighted by Crippen LogP contribution is -2.43. The first-order valence-electron chi connectivity index (χ1n) is 8.96. The molecule has 0 spiro atoms. The van der Waals surface area contributed by atoms with Crippen LogP contribution in [0.4, 0.5) is 8.78 Å². The molecular formula is C21H21F2N3O2. The number of carbonyl (C=O) groups excluding carboxylic acids is 1. The molecule has 1 atom stereocenters. The van der Waals surface area contributed by atoms with E-state index in [1.165, 1.54) is 13.2 Å². The molecule has 0 aliphatic carbocycles. The van der Waals surface area contributed by atoms with Gasteiger partial charge < -0.3 is 9.64 Å². The highest BCUT2D eigenvalue weighted by Crippen LogP contribution is 2.23. The minimum absolute atomic E-state index is 0.143. The van der Waals surface area contributed by atoms with Gasteiger partial charge in [0, 0.05) is 25.4 Å². The van der Waals surface area contributed by atoms with Crippen molar-refractivity contribution in [2.75, 3.05) is 20.2 Å². The van der Waals surface area contributed by atoms with Crippen LogP contribution in [0.1, 0.15) is 28.9 Å². The highest BCUT2D eigenvalue weighted by Gasteiger charge is 2.29. The Labute approximate surface area is 162 Å². The van der Waals surface area contributed by atoms with E-state index in [1.807, 2.05) is 6.07 Å². The minimum atomic E-state index is -0.865. The first-order valence-corrected chi connectivity index (χ1v) is 8.96. The number of likely N-dealkylation sites (tertiary alicyclic amines) is 1. The van der Waals surface area contributed by atoms with Crippen molar-refractivity contribution in [2.24, 2.45) is 10.9 Å². The summed E-state index contributed by atoms with van der Waals surface area (Å²) in [6.07, 6.45) is 3.15. The Bertz CT molecular complexity index is 900. The van der Waals surface area contributed by atoms with E-state index in [0.29, 0.717) is 36.4 Å². The van der Waals surface area contributed by atoms with Crippen LogP contribution in [-0.2, 0) is 4.74 Å². The second-order valence-electron chi connectivity index (χ2n) is 6.53. The Morgan fingerprint density at radius 2 is 2.14 bits per heavy atom. The number of piperidine rings is 1. The molecule has 0 radical (unpaired) electrons. The van der Waals surface area contributed by atoms with E-state index in [-0.39, 0.29) is 11.5 Å². The highest BCUT2D eigenvalue weighted by atomic mass is 19.1. The fourth-order valence-electron chi connectivity index (χ4n) is 3.22. The maximum absolute atomic E-state index is 14.0. The molecule has 0 N–H and O–H groups in total. The zero-order valence-electron chi connectivity index (χ0n) is 15.6. The molecule has 0 unspecified atom stereocenters. The number of amides is 1. The number of ether oxygens (including phenoxy) is 1. The summed E-state index contributed by atoms with van der Waals surface area (Å²) >= 11 is 0. The molecule has 1 aliphatic rings. The van der Waals surface area contributed by atoms with Crippen molar-refractivity contribution in [1.82, 2.24) is 9.88 Å². The molecule has 0 bridgehead atoms. The van der Waals surface area contributed by atoms with Gasteiger partial charge in [0.15, 0.2) is 5.90 Å². The number of rotatable bonds is 4. The Hall–Kier alpha value is -3.09. The number of hydrogen-bond donors (Lipinski definition) is 0. The standard InChI is InChI=1S/C21H21F2N3O2/c1-14(19-7-3-4-10-24-19)25-20(28-2)15-6-5-11-26(13-15)21(27)17-9-8-16(22)12-18(17)23/h3-4,7-10,12,15H,1,5-6,11,13H2,2H3/b25-20-/t15-/m0/s1. The maximum Gasteiger partial charge on any atom is 0.256 e. The summed E-state index contributed by atoms with van der Waals surface area (Å²) in [5.41, 5.74) is 0.954. The van der Waals surface area contributed by atoms with Crippen LogP contribution in [0.2, 0.25) is 0 Å². The molecule has 1 fully saturated rings. The highest BCUT2D eigenvalue weighted by molar-refractivity contribution is 5.95. The third-order valence-electron chi connectivity index (χ3n) is 4.63. The van der Waals surface area contributed by atoms with Crippen molar-refractivity contribution in [3.8, 4) is 0 Å². The smallest absolute Gasteiger partial charge is 0.256 e. The number of benzene rings is 1. The van der Waals surface area contributed by atoms with Gasteiger partial charge in [-0.25, -0.2) is 13.8 Å². The van der Waals surface area contributed by atoms with Crippen LogP contribution in [0.15, 0.2) is 54.2 Å². The predicted octanol–water partition coefficient (Wildman–Crippen LogP) is 3.93. The quantitative estimate of drug-likeness (QED) is 0.592. The fraction of sp³-hybridized carbons (Fsp3) is 0.286. The van der Waals surface area contributed by atoms with E-state index in [0.717, 1.165) is 18.9 Å². The first kappa shape index (κ1) is 19.7. The normalized spacial score (nSPS) is 17.3. The fourth-order valence-corrected chi connectivity index (χ4v) is 3.22. The molecule has 1 aromatic heterocycles. The molecule has 1 aliphatic heterocycles. The van der Waals surface area contributed by atoms with Gasteiger partial charge in [-0.3, -0.25) is 9.78 Å². The average Bonchev–Trinajstić information content (AvgIpc) is 2.72. The molecule has 5 nitrogen and oxygen atoms in total. The van der Waals surface area contributed by atoms with Gasteiger partial charge in [-0.2, -0.15) is 0 Å². The van der Waals surface area contributed by atoms with Gasteiger partial charge in [0.2, 0.25) is 0 Å². The van der Waals surface area contributed by atoms with Crippen LogP contribution in [0.25, 0.3) is 5.70 Å². The van der Waals surface area contributed by atoms with Gasteiger partial charge in [0.1, 0.15) is 11.6 Å². The molecule has 2 aromatic rings. The summed E-state index contributed by atoms with van der Waals surface area (Å²) in [5.74, 6) is -1.75. The third-order valence-corrected chi connectivity index (χ3v) is 4.63. The Morgan fingerprint density at radius 3 is 2.82 bits per heavy atom. The van der Waals surface area contributed by atoms with Crippen molar-refractivity contribution < 1.29 is 18.3 Å². The van der Waals surface area contributed by atoms with Crippen LogP contribution < -0.4 is 0 Å². The van der Waals surface area contributed by atoms with E-state index >= 15 is 0 Å². The van der Waals surface area contributed by atoms with Gasteiger partial charge in [-0.05, 0) is 37.1 Å². The zero-order chi connectivity index (χ0) is 20.1. The summed E-state index contributed by atoms with van der Waals surface area (Å²) in [6.45, 7) is 4.76. The van der Waals surface area contributed by atoms with Crippen molar-refractivity contribution in [1.29, 1.82) is 0 Å². The van der Waals surface area contributed by atoms with Crippen molar-refractivity contribution in [2.45, 2.75) is 12.8 Å². The summed E-state index contributed by atoms with van der Waals surface area (Å²) in [4.78, 5) is 22.9. The topological polar surface area (TPSA) is 54.8 Å². The number of nitrogens with zero attached hydrogens (tertiary/aromatic N) is 3. The summed E-state index contributed by atoms with van der Waals surface area (Å²) in [6, 6.07) is 8.41. The number of halogens is 2. The lowest BCUT2D eigenvalue weighted by Gasteiger charge is -2.33. The average molecular weight is 385 g/mol. The molecule has 2 heterocycles. The van der Waals surface area contributed by atoms with E-state index in [1.54, 1.807) is 23.2 Å². The van der Waals surface area contributed by atoms with Crippen LogP contribution >= 0.6 is 0 Å². The van der Waals surface area contributed by atoms with Gasteiger partial charge in [-0.1, -0.05) is 12.6 Å². The molecule has 3 rings (SSSR count). The van der Waals surface area contributed by atoms with Gasteiger partial charge in [0.25, 0.3) is 5.91 Å². The van der Waals surface area contributed by atoms with E-state index in [9.17, 15) is 13.6 Å². The van der Waals surface area contributed by atoms with Crippen molar-refractivity contribution in [3.05, 3.63) is 72.1 Å². The third kappa shape index (κ3) is 4.42. The number of hydrogen-bond acceptors (Lipinski definition) is 4.